The zero-order chi connectivity index (χ0) is 15.7. The lowest BCUT2D eigenvalue weighted by molar-refractivity contribution is -0.119. The molecule has 1 aromatic rings. The minimum Gasteiger partial charge on any atom is -0.326 e. The smallest absolute Gasteiger partial charge is 0.225 e. The molecule has 0 radical (unpaired) electrons. The highest BCUT2D eigenvalue weighted by Gasteiger charge is 2.33. The summed E-state index contributed by atoms with van der Waals surface area (Å²) in [6, 6.07) is 6.09. The Balaban J connectivity index is 1.91. The minimum atomic E-state index is 0.0708. The summed E-state index contributed by atoms with van der Waals surface area (Å²) in [5.74, 6) is 0.751. The quantitative estimate of drug-likeness (QED) is 0.847. The molecule has 5 heteroatoms. The highest BCUT2D eigenvalue weighted by Crippen LogP contribution is 2.41. The first-order valence-corrected chi connectivity index (χ1v) is 9.80. The van der Waals surface area contributed by atoms with Gasteiger partial charge in [-0.15, -0.1) is 23.5 Å². The fourth-order valence-electron chi connectivity index (χ4n) is 2.93. The third-order valence-electron chi connectivity index (χ3n) is 4.26. The van der Waals surface area contributed by atoms with Crippen LogP contribution in [0.5, 0.6) is 0 Å². The number of rotatable bonds is 1. The van der Waals surface area contributed by atoms with Crippen molar-refractivity contribution in [2.24, 2.45) is 0 Å². The van der Waals surface area contributed by atoms with E-state index in [-0.39, 0.29) is 16.9 Å². The average Bonchev–Trinajstić information content (AvgIpc) is 2.87. The van der Waals surface area contributed by atoms with E-state index >= 15 is 0 Å². The molecule has 1 aromatic carbocycles. The van der Waals surface area contributed by atoms with Crippen LogP contribution in [0.3, 0.4) is 0 Å². The molecule has 1 saturated heterocycles. The summed E-state index contributed by atoms with van der Waals surface area (Å²) >= 11 is 3.63. The van der Waals surface area contributed by atoms with Crippen LogP contribution < -0.4 is 5.32 Å². The van der Waals surface area contributed by atoms with E-state index in [1.165, 1.54) is 5.56 Å². The third kappa shape index (κ3) is 3.51. The first-order chi connectivity index (χ1) is 10.5. The van der Waals surface area contributed by atoms with Gasteiger partial charge < -0.3 is 5.32 Å². The van der Waals surface area contributed by atoms with Crippen LogP contribution in [-0.4, -0.2) is 27.3 Å². The van der Waals surface area contributed by atoms with Crippen LogP contribution in [0, 0.1) is 0 Å². The Kier molecular flexibility index (Phi) is 4.83. The molecule has 2 atom stereocenters. The molecule has 0 saturated carbocycles. The Morgan fingerprint density at radius 1 is 1.14 bits per heavy atom. The summed E-state index contributed by atoms with van der Waals surface area (Å²) < 4.78 is 0. The number of fused-ring (bicyclic) bond motifs is 2. The van der Waals surface area contributed by atoms with Crippen molar-refractivity contribution in [2.75, 3.05) is 10.4 Å². The van der Waals surface area contributed by atoms with Gasteiger partial charge in [0.15, 0.2) is 0 Å². The van der Waals surface area contributed by atoms with Crippen LogP contribution in [0.2, 0.25) is 0 Å². The van der Waals surface area contributed by atoms with E-state index in [4.69, 9.17) is 0 Å². The summed E-state index contributed by atoms with van der Waals surface area (Å²) in [4.78, 5) is 24.7. The molecule has 118 valence electrons. The molecule has 0 aliphatic carbocycles. The predicted octanol–water partition coefficient (Wildman–Crippen LogP) is 3.83. The second kappa shape index (κ2) is 6.67. The van der Waals surface area contributed by atoms with Crippen molar-refractivity contribution < 1.29 is 9.59 Å². The van der Waals surface area contributed by atoms with E-state index in [1.807, 2.05) is 35.7 Å². The van der Waals surface area contributed by atoms with Gasteiger partial charge in [0.05, 0.1) is 0 Å². The van der Waals surface area contributed by atoms with Crippen molar-refractivity contribution in [2.45, 2.75) is 49.5 Å². The molecule has 2 heterocycles. The number of nitrogens with one attached hydrogen (secondary N) is 1. The number of ketones is 1. The van der Waals surface area contributed by atoms with Crippen molar-refractivity contribution in [3.05, 3.63) is 29.3 Å². The van der Waals surface area contributed by atoms with E-state index < -0.39 is 0 Å². The van der Waals surface area contributed by atoms with Gasteiger partial charge in [-0.1, -0.05) is 26.0 Å². The number of benzene rings is 1. The van der Waals surface area contributed by atoms with Gasteiger partial charge in [-0.05, 0) is 23.1 Å². The van der Waals surface area contributed by atoms with Gasteiger partial charge in [0.1, 0.15) is 5.78 Å². The Labute approximate surface area is 140 Å². The molecule has 2 aliphatic heterocycles. The van der Waals surface area contributed by atoms with Crippen molar-refractivity contribution in [3.8, 4) is 0 Å². The average molecular weight is 335 g/mol. The van der Waals surface area contributed by atoms with E-state index in [2.05, 4.69) is 25.2 Å². The minimum absolute atomic E-state index is 0.0708. The molecule has 0 bridgehead atoms. The Morgan fingerprint density at radius 2 is 1.86 bits per heavy atom. The molecule has 3 rings (SSSR count). The fraction of sp³-hybridized carbons (Fsp3) is 0.529. The monoisotopic (exact) mass is 335 g/mol. The summed E-state index contributed by atoms with van der Waals surface area (Å²) in [7, 11) is 0. The molecule has 22 heavy (non-hydrogen) atoms. The largest absolute Gasteiger partial charge is 0.326 e. The van der Waals surface area contributed by atoms with E-state index in [0.717, 1.165) is 16.3 Å². The Bertz CT molecular complexity index is 600. The van der Waals surface area contributed by atoms with Gasteiger partial charge in [-0.25, -0.2) is 0 Å². The van der Waals surface area contributed by atoms with Gasteiger partial charge in [-0.3, -0.25) is 9.59 Å². The number of amides is 1. The summed E-state index contributed by atoms with van der Waals surface area (Å²) in [6.45, 7) is 4.26. The van der Waals surface area contributed by atoms with E-state index in [1.54, 1.807) is 0 Å². The zero-order valence-corrected chi connectivity index (χ0v) is 14.6. The third-order valence-corrected chi connectivity index (χ3v) is 7.36. The second-order valence-electron chi connectivity index (χ2n) is 6.27. The van der Waals surface area contributed by atoms with Crippen molar-refractivity contribution in [3.63, 3.8) is 0 Å². The number of Topliss-reactive ketones (excluding diaryl/α,β-unsaturated/α-hetero) is 1. The number of hydrogen-bond donors (Lipinski definition) is 1. The normalized spacial score (nSPS) is 25.6. The first kappa shape index (κ1) is 15.9. The second-order valence-corrected chi connectivity index (χ2v) is 9.09. The molecular weight excluding hydrogens is 314 g/mol. The van der Waals surface area contributed by atoms with Crippen molar-refractivity contribution in [1.29, 1.82) is 0 Å². The molecule has 0 aromatic heterocycles. The number of thioether (sulfide) groups is 2. The van der Waals surface area contributed by atoms with Gasteiger partial charge >= 0.3 is 0 Å². The van der Waals surface area contributed by atoms with Crippen LogP contribution in [0.25, 0.3) is 0 Å². The van der Waals surface area contributed by atoms with Crippen LogP contribution >= 0.6 is 23.5 Å². The number of hydrogen-bond acceptors (Lipinski definition) is 4. The standard InChI is InChI=1S/C17H21NO2S2/c1-10(2)11-3-4-12-5-13(19)7-15-16(22-9-21-15)8-17(20)18-14(12)6-11/h3-4,6,10,15-16H,5,7-9H2,1-2H3,(H,18,20)/t15?,16-/m1/s1. The molecule has 1 unspecified atom stereocenters. The topological polar surface area (TPSA) is 46.2 Å². The van der Waals surface area contributed by atoms with Crippen LogP contribution in [0.4, 0.5) is 5.69 Å². The van der Waals surface area contributed by atoms with Gasteiger partial charge in [0.2, 0.25) is 5.91 Å². The molecule has 3 nitrogen and oxygen atoms in total. The zero-order valence-electron chi connectivity index (χ0n) is 12.9. The summed E-state index contributed by atoms with van der Waals surface area (Å²) in [5.41, 5.74) is 2.95. The fourth-order valence-corrected chi connectivity index (χ4v) is 6.30. The van der Waals surface area contributed by atoms with Crippen LogP contribution in [-0.2, 0) is 16.0 Å². The Hall–Kier alpha value is -0.940. The van der Waals surface area contributed by atoms with Gasteiger partial charge in [0.25, 0.3) is 0 Å². The highest BCUT2D eigenvalue weighted by atomic mass is 32.2. The van der Waals surface area contributed by atoms with E-state index in [9.17, 15) is 9.59 Å². The summed E-state index contributed by atoms with van der Waals surface area (Å²) in [6.07, 6.45) is 1.50. The number of carbonyl (C=O) groups is 2. The van der Waals surface area contributed by atoms with Crippen LogP contribution in [0.15, 0.2) is 18.2 Å². The lowest BCUT2D eigenvalue weighted by Crippen LogP contribution is -2.28. The van der Waals surface area contributed by atoms with Crippen molar-refractivity contribution in [1.82, 2.24) is 0 Å². The van der Waals surface area contributed by atoms with E-state index in [0.29, 0.717) is 30.4 Å². The van der Waals surface area contributed by atoms with Crippen molar-refractivity contribution >= 4 is 40.9 Å². The number of anilines is 1. The maximum atomic E-state index is 12.4. The predicted molar refractivity (Wildman–Crippen MR) is 94.7 cm³/mol. The lowest BCUT2D eigenvalue weighted by atomic mass is 9.96. The maximum absolute atomic E-state index is 12.4. The molecule has 1 amide bonds. The molecule has 1 N–H and O–H groups in total. The first-order valence-electron chi connectivity index (χ1n) is 7.70. The maximum Gasteiger partial charge on any atom is 0.225 e. The molecule has 1 fully saturated rings. The van der Waals surface area contributed by atoms with Crippen LogP contribution in [0.1, 0.15) is 43.7 Å². The number of carbonyl (C=O) groups excluding carboxylic acids is 2. The van der Waals surface area contributed by atoms with Gasteiger partial charge in [0, 0.05) is 40.5 Å². The SMILES string of the molecule is CC(C)c1ccc2c(c1)NC(=O)C[C@H]1SCSC1CC(=O)C2. The molecule has 2 aliphatic rings. The molecular formula is C17H21NO2S2. The Morgan fingerprint density at radius 3 is 2.59 bits per heavy atom. The lowest BCUT2D eigenvalue weighted by Gasteiger charge is -2.21. The highest BCUT2D eigenvalue weighted by molar-refractivity contribution is 8.19. The molecule has 0 spiro atoms. The summed E-state index contributed by atoms with van der Waals surface area (Å²) in [5, 5.41) is 4.59. The van der Waals surface area contributed by atoms with Gasteiger partial charge in [-0.2, -0.15) is 0 Å².